The Morgan fingerprint density at radius 1 is 1.69 bits per heavy atom. The molecule has 0 spiro atoms. The van der Waals surface area contributed by atoms with Crippen LogP contribution in [0, 0.1) is 0 Å². The molecule has 0 aliphatic carbocycles. The van der Waals surface area contributed by atoms with Crippen LogP contribution in [0.1, 0.15) is 16.1 Å². The van der Waals surface area contributed by atoms with Gasteiger partial charge in [-0.25, -0.2) is 0 Å². The molecule has 4 heteroatoms. The van der Waals surface area contributed by atoms with Crippen LogP contribution in [0.4, 0.5) is 0 Å². The lowest BCUT2D eigenvalue weighted by molar-refractivity contribution is 0.0957. The molecule has 0 saturated heterocycles. The van der Waals surface area contributed by atoms with E-state index in [4.69, 9.17) is 4.74 Å². The van der Waals surface area contributed by atoms with Gasteiger partial charge in [-0.2, -0.15) is 0 Å². The quantitative estimate of drug-likeness (QED) is 0.740. The van der Waals surface area contributed by atoms with Gasteiger partial charge < -0.3 is 10.1 Å². The second-order valence-electron chi connectivity index (χ2n) is 2.51. The van der Waals surface area contributed by atoms with Crippen molar-refractivity contribution < 1.29 is 9.53 Å². The predicted octanol–water partition coefficient (Wildman–Crippen LogP) is 0.588. The van der Waals surface area contributed by atoms with Crippen LogP contribution in [0.15, 0.2) is 18.3 Å². The molecule has 0 atom stereocenters. The maximum atomic E-state index is 11.3. The number of ether oxygens (including phenoxy) is 1. The van der Waals surface area contributed by atoms with Gasteiger partial charge in [-0.1, -0.05) is 0 Å². The van der Waals surface area contributed by atoms with E-state index in [9.17, 15) is 4.79 Å². The summed E-state index contributed by atoms with van der Waals surface area (Å²) in [7, 11) is 3.16. The normalized spacial score (nSPS) is 9.69. The second-order valence-corrected chi connectivity index (χ2v) is 2.51. The van der Waals surface area contributed by atoms with Crippen LogP contribution in [0.3, 0.4) is 0 Å². The lowest BCUT2D eigenvalue weighted by atomic mass is 10.2. The van der Waals surface area contributed by atoms with Gasteiger partial charge in [0.25, 0.3) is 5.91 Å². The van der Waals surface area contributed by atoms with Crippen molar-refractivity contribution in [3.63, 3.8) is 0 Å². The zero-order chi connectivity index (χ0) is 9.68. The molecular formula is C9H12N2O2. The molecule has 1 amide bonds. The monoisotopic (exact) mass is 180 g/mol. The fourth-order valence-electron chi connectivity index (χ4n) is 1.03. The Morgan fingerprint density at radius 2 is 2.46 bits per heavy atom. The van der Waals surface area contributed by atoms with Gasteiger partial charge in [0.05, 0.1) is 17.9 Å². The molecule has 13 heavy (non-hydrogen) atoms. The fraction of sp³-hybridized carbons (Fsp3) is 0.333. The van der Waals surface area contributed by atoms with Gasteiger partial charge in [-0.3, -0.25) is 9.78 Å². The molecule has 0 saturated carbocycles. The van der Waals surface area contributed by atoms with Crippen LogP contribution >= 0.6 is 0 Å². The average molecular weight is 180 g/mol. The molecule has 0 aliphatic heterocycles. The summed E-state index contributed by atoms with van der Waals surface area (Å²) in [5.74, 6) is -0.139. The summed E-state index contributed by atoms with van der Waals surface area (Å²) >= 11 is 0. The van der Waals surface area contributed by atoms with Crippen LogP contribution in [0.2, 0.25) is 0 Å². The highest BCUT2D eigenvalue weighted by Gasteiger charge is 2.09. The fourth-order valence-corrected chi connectivity index (χ4v) is 1.03. The van der Waals surface area contributed by atoms with E-state index in [0.29, 0.717) is 17.9 Å². The largest absolute Gasteiger partial charge is 0.378 e. The molecule has 0 aromatic carbocycles. The van der Waals surface area contributed by atoms with E-state index in [-0.39, 0.29) is 5.91 Å². The number of hydrogen-bond acceptors (Lipinski definition) is 3. The first-order valence-electron chi connectivity index (χ1n) is 3.94. The Morgan fingerprint density at radius 3 is 3.08 bits per heavy atom. The molecule has 0 bridgehead atoms. The molecule has 1 heterocycles. The third-order valence-electron chi connectivity index (χ3n) is 1.64. The van der Waals surface area contributed by atoms with Crippen LogP contribution in [-0.4, -0.2) is 25.0 Å². The third kappa shape index (κ3) is 2.26. The Bertz CT molecular complexity index is 299. The molecule has 0 aliphatic rings. The number of hydrogen-bond donors (Lipinski definition) is 1. The summed E-state index contributed by atoms with van der Waals surface area (Å²) in [5, 5.41) is 2.55. The smallest absolute Gasteiger partial charge is 0.252 e. The van der Waals surface area contributed by atoms with Crippen molar-refractivity contribution in [2.45, 2.75) is 6.61 Å². The molecule has 1 aromatic rings. The Hall–Kier alpha value is -1.42. The van der Waals surface area contributed by atoms with E-state index in [0.717, 1.165) is 0 Å². The number of pyridine rings is 1. The summed E-state index contributed by atoms with van der Waals surface area (Å²) in [6.07, 6.45) is 1.64. The van der Waals surface area contributed by atoms with Gasteiger partial charge in [-0.15, -0.1) is 0 Å². The standard InChI is InChI=1S/C9H12N2O2/c1-10-9(12)7-4-3-5-11-8(7)6-13-2/h3-5H,6H2,1-2H3,(H,10,12). The predicted molar refractivity (Wildman–Crippen MR) is 48.3 cm³/mol. The molecule has 70 valence electrons. The summed E-state index contributed by atoms with van der Waals surface area (Å²) < 4.78 is 4.92. The highest BCUT2D eigenvalue weighted by molar-refractivity contribution is 5.94. The zero-order valence-corrected chi connectivity index (χ0v) is 7.70. The molecule has 0 fully saturated rings. The van der Waals surface area contributed by atoms with E-state index in [1.165, 1.54) is 0 Å². The van der Waals surface area contributed by atoms with Crippen LogP contribution in [-0.2, 0) is 11.3 Å². The minimum atomic E-state index is -0.139. The maximum absolute atomic E-state index is 11.3. The minimum absolute atomic E-state index is 0.139. The number of carbonyl (C=O) groups excluding carboxylic acids is 1. The summed E-state index contributed by atoms with van der Waals surface area (Å²) in [6, 6.07) is 3.45. The number of aromatic nitrogens is 1. The zero-order valence-electron chi connectivity index (χ0n) is 7.70. The number of nitrogens with zero attached hydrogens (tertiary/aromatic N) is 1. The Balaban J connectivity index is 2.97. The lowest BCUT2D eigenvalue weighted by Gasteiger charge is -2.05. The van der Waals surface area contributed by atoms with Gasteiger partial charge in [-0.05, 0) is 12.1 Å². The van der Waals surface area contributed by atoms with Gasteiger partial charge in [0.1, 0.15) is 0 Å². The molecule has 1 rings (SSSR count). The molecule has 1 N–H and O–H groups in total. The van der Waals surface area contributed by atoms with Crippen molar-refractivity contribution in [1.82, 2.24) is 10.3 Å². The van der Waals surface area contributed by atoms with Crippen molar-refractivity contribution in [2.24, 2.45) is 0 Å². The van der Waals surface area contributed by atoms with E-state index in [2.05, 4.69) is 10.3 Å². The SMILES string of the molecule is CNC(=O)c1cccnc1COC. The van der Waals surface area contributed by atoms with Crippen molar-refractivity contribution >= 4 is 5.91 Å². The van der Waals surface area contributed by atoms with Crippen LogP contribution in [0.25, 0.3) is 0 Å². The van der Waals surface area contributed by atoms with Crippen molar-refractivity contribution in [3.8, 4) is 0 Å². The van der Waals surface area contributed by atoms with E-state index >= 15 is 0 Å². The van der Waals surface area contributed by atoms with Gasteiger partial charge in [0, 0.05) is 20.4 Å². The van der Waals surface area contributed by atoms with Crippen molar-refractivity contribution in [3.05, 3.63) is 29.6 Å². The lowest BCUT2D eigenvalue weighted by Crippen LogP contribution is -2.20. The van der Waals surface area contributed by atoms with Crippen molar-refractivity contribution in [2.75, 3.05) is 14.2 Å². The van der Waals surface area contributed by atoms with E-state index in [1.807, 2.05) is 0 Å². The van der Waals surface area contributed by atoms with E-state index < -0.39 is 0 Å². The maximum Gasteiger partial charge on any atom is 0.252 e. The van der Waals surface area contributed by atoms with Crippen LogP contribution in [0.5, 0.6) is 0 Å². The van der Waals surface area contributed by atoms with E-state index in [1.54, 1.807) is 32.5 Å². The number of methoxy groups -OCH3 is 1. The Labute approximate surface area is 76.9 Å². The molecule has 1 aromatic heterocycles. The van der Waals surface area contributed by atoms with Gasteiger partial charge in [0.2, 0.25) is 0 Å². The number of carbonyl (C=O) groups is 1. The highest BCUT2D eigenvalue weighted by atomic mass is 16.5. The average Bonchev–Trinajstić information content (AvgIpc) is 2.18. The first-order chi connectivity index (χ1) is 6.29. The number of amides is 1. The topological polar surface area (TPSA) is 51.2 Å². The molecular weight excluding hydrogens is 168 g/mol. The summed E-state index contributed by atoms with van der Waals surface area (Å²) in [6.45, 7) is 0.351. The first-order valence-corrected chi connectivity index (χ1v) is 3.94. The number of nitrogens with one attached hydrogen (secondary N) is 1. The second kappa shape index (κ2) is 4.57. The third-order valence-corrected chi connectivity index (χ3v) is 1.64. The van der Waals surface area contributed by atoms with Crippen LogP contribution < -0.4 is 5.32 Å². The highest BCUT2D eigenvalue weighted by Crippen LogP contribution is 2.05. The molecule has 0 radical (unpaired) electrons. The van der Waals surface area contributed by atoms with Gasteiger partial charge >= 0.3 is 0 Å². The molecule has 0 unspecified atom stereocenters. The summed E-state index contributed by atoms with van der Waals surface area (Å²) in [4.78, 5) is 15.4. The molecule has 4 nitrogen and oxygen atoms in total. The first kappa shape index (κ1) is 9.67. The minimum Gasteiger partial charge on any atom is -0.378 e. The van der Waals surface area contributed by atoms with Gasteiger partial charge in [0.15, 0.2) is 0 Å². The summed E-state index contributed by atoms with van der Waals surface area (Å²) in [5.41, 5.74) is 1.22. The Kier molecular flexibility index (Phi) is 3.40. The number of rotatable bonds is 3. The van der Waals surface area contributed by atoms with Crippen molar-refractivity contribution in [1.29, 1.82) is 0 Å².